The molecule has 0 spiro atoms. The first-order chi connectivity index (χ1) is 7.66. The topological polar surface area (TPSA) is 65.8 Å². The van der Waals surface area contributed by atoms with Crippen molar-refractivity contribution in [1.29, 1.82) is 0 Å². The van der Waals surface area contributed by atoms with Gasteiger partial charge in [-0.1, -0.05) is 36.1 Å². The van der Waals surface area contributed by atoms with Crippen LogP contribution in [0.15, 0.2) is 30.3 Å². The summed E-state index contributed by atoms with van der Waals surface area (Å²) in [5, 5.41) is 3.73. The SMILES string of the molecule is CC(=O)NCc1cccc2nc([NH-])ccc12.[CH3-].[Y]. The second-order valence-electron chi connectivity index (χ2n) is 3.59. The zero-order valence-electron chi connectivity index (χ0n) is 10.5. The number of hydrogen-bond acceptors (Lipinski definition) is 2. The van der Waals surface area contributed by atoms with Crippen LogP contribution in [0.3, 0.4) is 0 Å². The number of nitrogens with zero attached hydrogens (tertiary/aromatic N) is 1. The van der Waals surface area contributed by atoms with Gasteiger partial charge in [0.1, 0.15) is 0 Å². The molecule has 0 unspecified atom stereocenters. The molecule has 1 aromatic carbocycles. The van der Waals surface area contributed by atoms with Gasteiger partial charge in [0.05, 0.1) is 0 Å². The molecule has 0 bridgehead atoms. The molecule has 0 aliphatic rings. The van der Waals surface area contributed by atoms with Gasteiger partial charge in [0.15, 0.2) is 0 Å². The summed E-state index contributed by atoms with van der Waals surface area (Å²) in [5.41, 5.74) is 9.24. The third kappa shape index (κ3) is 4.04. The van der Waals surface area contributed by atoms with Crippen molar-refractivity contribution < 1.29 is 37.5 Å². The van der Waals surface area contributed by atoms with E-state index < -0.39 is 0 Å². The number of rotatable bonds is 2. The molecule has 0 aliphatic carbocycles. The van der Waals surface area contributed by atoms with E-state index in [9.17, 15) is 4.79 Å². The van der Waals surface area contributed by atoms with Crippen LogP contribution in [0.25, 0.3) is 16.6 Å². The number of aromatic nitrogens is 1. The number of pyridine rings is 1. The van der Waals surface area contributed by atoms with E-state index in [0.717, 1.165) is 16.5 Å². The summed E-state index contributed by atoms with van der Waals surface area (Å²) < 4.78 is 0. The van der Waals surface area contributed by atoms with Crippen LogP contribution in [-0.2, 0) is 44.0 Å². The van der Waals surface area contributed by atoms with Crippen molar-refractivity contribution in [2.45, 2.75) is 13.5 Å². The summed E-state index contributed by atoms with van der Waals surface area (Å²) in [6.07, 6.45) is 0. The van der Waals surface area contributed by atoms with Gasteiger partial charge in [-0.15, -0.1) is 0 Å². The Balaban J connectivity index is 0.00000144. The Hall–Kier alpha value is -0.996. The van der Waals surface area contributed by atoms with Gasteiger partial charge >= 0.3 is 0 Å². The van der Waals surface area contributed by atoms with E-state index >= 15 is 0 Å². The standard InChI is InChI=1S/C12H13N3O.CH3.Y/c1-8(16)14-7-9-3-2-4-11-10(9)5-6-12(13)15-11;;/h2-6H,7H2,1H3,(H3,13,14,15,16);1H3;/q;-1;/p-1. The van der Waals surface area contributed by atoms with Gasteiger partial charge < -0.3 is 23.5 Å². The van der Waals surface area contributed by atoms with Crippen molar-refractivity contribution in [3.8, 4) is 0 Å². The first-order valence-corrected chi connectivity index (χ1v) is 5.01. The third-order valence-electron chi connectivity index (χ3n) is 2.35. The molecule has 18 heavy (non-hydrogen) atoms. The molecule has 0 aliphatic heterocycles. The van der Waals surface area contributed by atoms with Gasteiger partial charge in [-0.3, -0.25) is 4.79 Å². The van der Waals surface area contributed by atoms with Crippen LogP contribution in [0.2, 0.25) is 0 Å². The molecule has 4 nitrogen and oxygen atoms in total. The Morgan fingerprint density at radius 3 is 2.72 bits per heavy atom. The van der Waals surface area contributed by atoms with Crippen LogP contribution in [0, 0.1) is 7.43 Å². The summed E-state index contributed by atoms with van der Waals surface area (Å²) in [6.45, 7) is 1.98. The maximum Gasteiger partial charge on any atom is 0.217 e. The largest absolute Gasteiger partial charge is 0.482 e. The first kappa shape index (κ1) is 17.0. The number of carbonyl (C=O) groups excluding carboxylic acids is 1. The average Bonchev–Trinajstić information content (AvgIpc) is 2.25. The molecular weight excluding hydrogens is 303 g/mol. The van der Waals surface area contributed by atoms with Gasteiger partial charge in [-0.25, -0.2) is 0 Å². The zero-order chi connectivity index (χ0) is 11.5. The number of fused-ring (bicyclic) bond motifs is 1. The summed E-state index contributed by atoms with van der Waals surface area (Å²) in [4.78, 5) is 15.0. The Bertz CT molecular complexity index is 543. The van der Waals surface area contributed by atoms with E-state index in [2.05, 4.69) is 10.3 Å². The van der Waals surface area contributed by atoms with Gasteiger partial charge in [0, 0.05) is 46.2 Å². The van der Waals surface area contributed by atoms with Gasteiger partial charge in [0.2, 0.25) is 5.91 Å². The van der Waals surface area contributed by atoms with Crippen molar-refractivity contribution in [2.24, 2.45) is 0 Å². The summed E-state index contributed by atoms with van der Waals surface area (Å²) in [7, 11) is 0. The fourth-order valence-electron chi connectivity index (χ4n) is 1.59. The molecule has 0 atom stereocenters. The van der Waals surface area contributed by atoms with Crippen LogP contribution in [-0.4, -0.2) is 10.9 Å². The minimum atomic E-state index is -0.0536. The van der Waals surface area contributed by atoms with Crippen LogP contribution in [0.4, 0.5) is 5.82 Å². The van der Waals surface area contributed by atoms with Gasteiger partial charge in [-0.2, -0.15) is 0 Å². The van der Waals surface area contributed by atoms with E-state index in [-0.39, 0.29) is 51.9 Å². The minimum absolute atomic E-state index is 0. The number of benzene rings is 1. The van der Waals surface area contributed by atoms with E-state index in [1.54, 1.807) is 6.07 Å². The monoisotopic (exact) mass is 318 g/mol. The van der Waals surface area contributed by atoms with Crippen molar-refractivity contribution in [3.63, 3.8) is 0 Å². The predicted molar refractivity (Wildman–Crippen MR) is 69.7 cm³/mol. The summed E-state index contributed by atoms with van der Waals surface area (Å²) in [6, 6.07) is 9.21. The molecule has 2 rings (SSSR count). The van der Waals surface area contributed by atoms with E-state index in [4.69, 9.17) is 5.73 Å². The predicted octanol–water partition coefficient (Wildman–Crippen LogP) is 3.00. The van der Waals surface area contributed by atoms with E-state index in [0.29, 0.717) is 6.54 Å². The summed E-state index contributed by atoms with van der Waals surface area (Å²) >= 11 is 0. The Morgan fingerprint density at radius 2 is 2.06 bits per heavy atom. The third-order valence-corrected chi connectivity index (χ3v) is 2.35. The average molecular weight is 318 g/mol. The molecule has 5 heteroatoms. The maximum absolute atomic E-state index is 10.9. The number of hydrogen-bond donors (Lipinski definition) is 1. The Labute approximate surface area is 132 Å². The van der Waals surface area contributed by atoms with Crippen LogP contribution >= 0.6 is 0 Å². The fraction of sp³-hybridized carbons (Fsp3) is 0.154. The molecule has 93 valence electrons. The van der Waals surface area contributed by atoms with E-state index in [1.165, 1.54) is 6.92 Å². The quantitative estimate of drug-likeness (QED) is 0.865. The summed E-state index contributed by atoms with van der Waals surface area (Å²) in [5.74, 6) is 0.200. The van der Waals surface area contributed by atoms with Crippen molar-refractivity contribution in [3.05, 3.63) is 49.1 Å². The molecule has 1 heterocycles. The molecule has 1 aromatic heterocycles. The second-order valence-corrected chi connectivity index (χ2v) is 3.59. The van der Waals surface area contributed by atoms with Crippen molar-refractivity contribution in [2.75, 3.05) is 0 Å². The zero-order valence-corrected chi connectivity index (χ0v) is 13.4. The Morgan fingerprint density at radius 1 is 1.33 bits per heavy atom. The Kier molecular flexibility index (Phi) is 7.03. The number of amides is 1. The van der Waals surface area contributed by atoms with Crippen molar-refractivity contribution >= 4 is 22.6 Å². The molecule has 2 aromatic rings. The second kappa shape index (κ2) is 7.44. The first-order valence-electron chi connectivity index (χ1n) is 5.01. The number of nitrogens with one attached hydrogen (secondary N) is 2. The van der Waals surface area contributed by atoms with Gasteiger partial charge in [0.25, 0.3) is 0 Å². The van der Waals surface area contributed by atoms with Crippen LogP contribution < -0.4 is 5.32 Å². The van der Waals surface area contributed by atoms with Crippen LogP contribution in [0.5, 0.6) is 0 Å². The maximum atomic E-state index is 10.9. The molecule has 1 radical (unpaired) electrons. The molecule has 0 saturated heterocycles. The minimum Gasteiger partial charge on any atom is -0.482 e. The molecule has 2 N–H and O–H groups in total. The van der Waals surface area contributed by atoms with Crippen molar-refractivity contribution in [1.82, 2.24) is 10.3 Å². The molecular formula is C13H15N3OY-2. The fourth-order valence-corrected chi connectivity index (χ4v) is 1.59. The normalized spacial score (nSPS) is 9.17. The number of carbonyl (C=O) groups is 1. The van der Waals surface area contributed by atoms with Gasteiger partial charge in [-0.05, 0) is 16.5 Å². The molecule has 1 amide bonds. The molecule has 0 fully saturated rings. The van der Waals surface area contributed by atoms with Crippen LogP contribution in [0.1, 0.15) is 12.5 Å². The molecule has 0 saturated carbocycles. The van der Waals surface area contributed by atoms with E-state index in [1.807, 2.05) is 24.3 Å². The smallest absolute Gasteiger partial charge is 0.217 e.